The Morgan fingerprint density at radius 1 is 1.52 bits per heavy atom. The molecule has 0 radical (unpaired) electrons. The first-order valence-electron chi connectivity index (χ1n) is 7.56. The van der Waals surface area contributed by atoms with Crippen molar-refractivity contribution in [2.45, 2.75) is 18.6 Å². The summed E-state index contributed by atoms with van der Waals surface area (Å²) in [6.07, 6.45) is 3.35. The van der Waals surface area contributed by atoms with E-state index in [9.17, 15) is 8.42 Å². The fourth-order valence-electron chi connectivity index (χ4n) is 2.42. The van der Waals surface area contributed by atoms with E-state index < -0.39 is 14.6 Å². The molecule has 2 rings (SSSR count). The predicted octanol–water partition coefficient (Wildman–Crippen LogP) is 0.545. The van der Waals surface area contributed by atoms with Crippen molar-refractivity contribution in [3.8, 4) is 5.75 Å². The molecule has 0 spiro atoms. The Balaban J connectivity index is 1.84. The second-order valence-corrected chi connectivity index (χ2v) is 8.75. The highest BCUT2D eigenvalue weighted by atomic mass is 32.2. The van der Waals surface area contributed by atoms with Crippen LogP contribution < -0.4 is 10.1 Å². The van der Waals surface area contributed by atoms with Crippen LogP contribution in [-0.2, 0) is 9.84 Å². The number of guanidine groups is 1. The number of nitrogens with one attached hydrogen (secondary N) is 1. The largest absolute Gasteiger partial charge is 0.490 e. The lowest BCUT2D eigenvalue weighted by Gasteiger charge is -2.39. The quantitative estimate of drug-likeness (QED) is 0.489. The molecule has 1 aliphatic rings. The number of rotatable bonds is 4. The summed E-state index contributed by atoms with van der Waals surface area (Å²) < 4.78 is 28.9. The lowest BCUT2D eigenvalue weighted by molar-refractivity contribution is 0.312. The molecule has 1 fully saturated rings. The standard InChI is InChI=1S/C15H24N4O3S/c1-15(2)12-19(8-10-23(15,20)21)14(16-3)18-7-9-22-13-5-4-6-17-11-13/h4-6,11H,7-10,12H2,1-3H3,(H,16,18). The lowest BCUT2D eigenvalue weighted by Crippen LogP contribution is -2.57. The molecule has 0 atom stereocenters. The Labute approximate surface area is 137 Å². The van der Waals surface area contributed by atoms with E-state index in [1.165, 1.54) is 0 Å². The summed E-state index contributed by atoms with van der Waals surface area (Å²) in [5, 5.41) is 3.21. The van der Waals surface area contributed by atoms with Crippen molar-refractivity contribution < 1.29 is 13.2 Å². The van der Waals surface area contributed by atoms with Gasteiger partial charge in [-0.3, -0.25) is 9.98 Å². The van der Waals surface area contributed by atoms with Gasteiger partial charge in [0.1, 0.15) is 12.4 Å². The van der Waals surface area contributed by atoms with E-state index in [2.05, 4.69) is 15.3 Å². The zero-order chi connectivity index (χ0) is 16.9. The molecule has 1 aromatic heterocycles. The topological polar surface area (TPSA) is 83.9 Å². The maximum Gasteiger partial charge on any atom is 0.193 e. The molecule has 7 nitrogen and oxygen atoms in total. The van der Waals surface area contributed by atoms with Crippen molar-refractivity contribution in [2.75, 3.05) is 39.0 Å². The zero-order valence-corrected chi connectivity index (χ0v) is 14.6. The van der Waals surface area contributed by atoms with Gasteiger partial charge in [-0.2, -0.15) is 0 Å². The van der Waals surface area contributed by atoms with E-state index in [1.807, 2.05) is 17.0 Å². The van der Waals surface area contributed by atoms with Crippen molar-refractivity contribution in [1.29, 1.82) is 0 Å². The van der Waals surface area contributed by atoms with Gasteiger partial charge >= 0.3 is 0 Å². The third-order valence-electron chi connectivity index (χ3n) is 3.84. The van der Waals surface area contributed by atoms with Crippen molar-refractivity contribution in [2.24, 2.45) is 4.99 Å². The number of ether oxygens (including phenoxy) is 1. The third-order valence-corrected chi connectivity index (χ3v) is 6.38. The molecule has 8 heteroatoms. The molecule has 1 N–H and O–H groups in total. The van der Waals surface area contributed by atoms with Gasteiger partial charge in [-0.25, -0.2) is 8.42 Å². The van der Waals surface area contributed by atoms with Gasteiger partial charge in [0, 0.05) is 26.3 Å². The van der Waals surface area contributed by atoms with Gasteiger partial charge in [0.25, 0.3) is 0 Å². The summed E-state index contributed by atoms with van der Waals surface area (Å²) in [5.74, 6) is 1.56. The number of pyridine rings is 1. The van der Waals surface area contributed by atoms with Gasteiger partial charge in [-0.05, 0) is 26.0 Å². The van der Waals surface area contributed by atoms with E-state index in [-0.39, 0.29) is 5.75 Å². The highest BCUT2D eigenvalue weighted by molar-refractivity contribution is 7.92. The van der Waals surface area contributed by atoms with Gasteiger partial charge in [-0.1, -0.05) is 0 Å². The number of aromatic nitrogens is 1. The second-order valence-electron chi connectivity index (χ2n) is 6.01. The first kappa shape index (κ1) is 17.5. The monoisotopic (exact) mass is 340 g/mol. The highest BCUT2D eigenvalue weighted by Crippen LogP contribution is 2.23. The summed E-state index contributed by atoms with van der Waals surface area (Å²) in [5.41, 5.74) is 0. The van der Waals surface area contributed by atoms with Crippen LogP contribution >= 0.6 is 0 Å². The molecule has 2 heterocycles. The number of nitrogens with zero attached hydrogens (tertiary/aromatic N) is 3. The number of aliphatic imine (C=N–C) groups is 1. The minimum Gasteiger partial charge on any atom is -0.490 e. The van der Waals surface area contributed by atoms with E-state index in [4.69, 9.17) is 4.74 Å². The van der Waals surface area contributed by atoms with E-state index in [0.29, 0.717) is 32.2 Å². The summed E-state index contributed by atoms with van der Waals surface area (Å²) in [6, 6.07) is 3.66. The molecule has 0 aliphatic carbocycles. The molecule has 0 bridgehead atoms. The van der Waals surface area contributed by atoms with Gasteiger partial charge in [0.05, 0.1) is 23.2 Å². The summed E-state index contributed by atoms with van der Waals surface area (Å²) in [7, 11) is -1.36. The van der Waals surface area contributed by atoms with Crippen molar-refractivity contribution in [3.63, 3.8) is 0 Å². The Morgan fingerprint density at radius 3 is 2.91 bits per heavy atom. The fourth-order valence-corrected chi connectivity index (χ4v) is 3.79. The van der Waals surface area contributed by atoms with Crippen LogP contribution in [0.4, 0.5) is 0 Å². The second kappa shape index (κ2) is 7.16. The average molecular weight is 340 g/mol. The molecule has 0 saturated carbocycles. The molecular formula is C15H24N4O3S. The SMILES string of the molecule is CN=C(NCCOc1cccnc1)N1CCS(=O)(=O)C(C)(C)C1. The summed E-state index contributed by atoms with van der Waals surface area (Å²) in [6.45, 7) is 5.44. The van der Waals surface area contributed by atoms with Crippen molar-refractivity contribution in [3.05, 3.63) is 24.5 Å². The van der Waals surface area contributed by atoms with Crippen LogP contribution in [-0.4, -0.2) is 68.0 Å². The molecule has 0 aromatic carbocycles. The summed E-state index contributed by atoms with van der Waals surface area (Å²) >= 11 is 0. The maximum absolute atomic E-state index is 12.1. The van der Waals surface area contributed by atoms with E-state index >= 15 is 0 Å². The predicted molar refractivity (Wildman–Crippen MR) is 90.5 cm³/mol. The normalized spacial score (nSPS) is 20.1. The molecule has 1 aliphatic heterocycles. The molecule has 0 unspecified atom stereocenters. The third kappa shape index (κ3) is 4.34. The van der Waals surface area contributed by atoms with Gasteiger partial charge in [-0.15, -0.1) is 0 Å². The van der Waals surface area contributed by atoms with Crippen LogP contribution in [0.15, 0.2) is 29.5 Å². The molecule has 1 aromatic rings. The zero-order valence-electron chi connectivity index (χ0n) is 13.8. The minimum absolute atomic E-state index is 0.146. The summed E-state index contributed by atoms with van der Waals surface area (Å²) in [4.78, 5) is 10.2. The molecule has 128 valence electrons. The van der Waals surface area contributed by atoms with Crippen LogP contribution in [0.3, 0.4) is 0 Å². The Hall–Kier alpha value is -1.83. The smallest absolute Gasteiger partial charge is 0.193 e. The Kier molecular flexibility index (Phi) is 5.46. The molecule has 23 heavy (non-hydrogen) atoms. The van der Waals surface area contributed by atoms with Crippen LogP contribution in [0, 0.1) is 0 Å². The maximum atomic E-state index is 12.1. The van der Waals surface area contributed by atoms with Crippen LogP contribution in [0.1, 0.15) is 13.8 Å². The van der Waals surface area contributed by atoms with Crippen LogP contribution in [0.2, 0.25) is 0 Å². The lowest BCUT2D eigenvalue weighted by atomic mass is 10.2. The molecule has 1 saturated heterocycles. The number of hydrogen-bond acceptors (Lipinski definition) is 5. The first-order valence-corrected chi connectivity index (χ1v) is 9.22. The molecule has 0 amide bonds. The first-order chi connectivity index (χ1) is 10.9. The van der Waals surface area contributed by atoms with Gasteiger partial charge in [0.15, 0.2) is 15.8 Å². The van der Waals surface area contributed by atoms with Crippen molar-refractivity contribution >= 4 is 15.8 Å². The van der Waals surface area contributed by atoms with E-state index in [0.717, 1.165) is 5.75 Å². The van der Waals surface area contributed by atoms with E-state index in [1.54, 1.807) is 33.3 Å². The Bertz CT molecular complexity index is 644. The Morgan fingerprint density at radius 2 is 2.30 bits per heavy atom. The number of sulfone groups is 1. The van der Waals surface area contributed by atoms with Crippen LogP contribution in [0.5, 0.6) is 5.75 Å². The number of hydrogen-bond donors (Lipinski definition) is 1. The highest BCUT2D eigenvalue weighted by Gasteiger charge is 2.40. The minimum atomic E-state index is -3.05. The average Bonchev–Trinajstić information content (AvgIpc) is 2.51. The van der Waals surface area contributed by atoms with Gasteiger partial charge < -0.3 is 15.0 Å². The van der Waals surface area contributed by atoms with Crippen LogP contribution in [0.25, 0.3) is 0 Å². The van der Waals surface area contributed by atoms with Gasteiger partial charge in [0.2, 0.25) is 0 Å². The van der Waals surface area contributed by atoms with Crippen molar-refractivity contribution in [1.82, 2.24) is 15.2 Å². The fraction of sp³-hybridized carbons (Fsp3) is 0.600. The molecular weight excluding hydrogens is 316 g/mol.